The maximum Gasteiger partial charge on any atom is 0.270 e. The van der Waals surface area contributed by atoms with E-state index in [0.717, 1.165) is 5.52 Å². The van der Waals surface area contributed by atoms with Crippen molar-refractivity contribution in [2.24, 2.45) is 4.99 Å². The van der Waals surface area contributed by atoms with Crippen LogP contribution in [0.1, 0.15) is 5.56 Å². The fourth-order valence-electron chi connectivity index (χ4n) is 2.61. The first-order valence-electron chi connectivity index (χ1n) is 8.07. The largest absolute Gasteiger partial charge is 0.383 e. The molecule has 140 valence electrons. The molecule has 0 fully saturated rings. The van der Waals surface area contributed by atoms with Crippen molar-refractivity contribution in [2.75, 3.05) is 13.7 Å². The summed E-state index contributed by atoms with van der Waals surface area (Å²) in [5, 5.41) is 11.5. The number of methoxy groups -OCH3 is 1. The van der Waals surface area contributed by atoms with E-state index >= 15 is 0 Å². The normalized spacial score (nSPS) is 11.9. The van der Waals surface area contributed by atoms with Crippen LogP contribution in [0.2, 0.25) is 5.02 Å². The molecule has 0 aliphatic carbocycles. The van der Waals surface area contributed by atoms with Crippen LogP contribution in [0.5, 0.6) is 0 Å². The minimum absolute atomic E-state index is 0.00316. The highest BCUT2D eigenvalue weighted by Crippen LogP contribution is 2.23. The molecule has 3 rings (SSSR count). The lowest BCUT2D eigenvalue weighted by Gasteiger charge is -2.04. The Bertz CT molecular complexity index is 1070. The number of carbonyl (C=O) groups excluding carboxylic acids is 1. The van der Waals surface area contributed by atoms with Crippen LogP contribution in [0.15, 0.2) is 47.5 Å². The summed E-state index contributed by atoms with van der Waals surface area (Å²) in [5.74, 6) is -0.338. The van der Waals surface area contributed by atoms with Gasteiger partial charge in [0, 0.05) is 30.8 Å². The van der Waals surface area contributed by atoms with Crippen molar-refractivity contribution >= 4 is 44.7 Å². The number of hydrogen-bond acceptors (Lipinski definition) is 5. The van der Waals surface area contributed by atoms with Gasteiger partial charge in [-0.2, -0.15) is 4.99 Å². The Labute approximate surface area is 163 Å². The molecule has 3 aromatic rings. The molecule has 0 saturated carbocycles. The van der Waals surface area contributed by atoms with E-state index in [1.54, 1.807) is 31.4 Å². The number of fused-ring (bicyclic) bond motifs is 1. The first-order chi connectivity index (χ1) is 13.0. The molecule has 0 bridgehead atoms. The number of amides is 1. The second-order valence-corrected chi connectivity index (χ2v) is 7.13. The van der Waals surface area contributed by atoms with Crippen molar-refractivity contribution in [3.63, 3.8) is 0 Å². The Morgan fingerprint density at radius 3 is 2.81 bits per heavy atom. The lowest BCUT2D eigenvalue weighted by atomic mass is 10.1. The Hall–Kier alpha value is -2.55. The zero-order valence-electron chi connectivity index (χ0n) is 14.4. The molecule has 9 heteroatoms. The van der Waals surface area contributed by atoms with Crippen LogP contribution < -0.4 is 4.80 Å². The molecule has 7 nitrogen and oxygen atoms in total. The molecule has 2 aromatic carbocycles. The predicted octanol–water partition coefficient (Wildman–Crippen LogP) is 3.58. The van der Waals surface area contributed by atoms with Crippen molar-refractivity contribution in [1.29, 1.82) is 0 Å². The second kappa shape index (κ2) is 8.43. The van der Waals surface area contributed by atoms with Gasteiger partial charge in [0.1, 0.15) is 0 Å². The molecule has 0 saturated heterocycles. The zero-order chi connectivity index (χ0) is 19.4. The first kappa shape index (κ1) is 19.2. The van der Waals surface area contributed by atoms with Crippen molar-refractivity contribution < 1.29 is 14.5 Å². The molecule has 1 aromatic heterocycles. The zero-order valence-corrected chi connectivity index (χ0v) is 16.0. The number of thiazole rings is 1. The number of benzene rings is 2. The third-order valence-corrected chi connectivity index (χ3v) is 5.33. The molecule has 0 aliphatic heterocycles. The Kier molecular flexibility index (Phi) is 6.00. The monoisotopic (exact) mass is 405 g/mol. The van der Waals surface area contributed by atoms with E-state index in [2.05, 4.69) is 4.99 Å². The summed E-state index contributed by atoms with van der Waals surface area (Å²) in [5.41, 5.74) is 1.47. The van der Waals surface area contributed by atoms with Gasteiger partial charge < -0.3 is 9.30 Å². The molecule has 0 aliphatic rings. The number of non-ortho nitro benzene ring substituents is 1. The minimum Gasteiger partial charge on any atom is -0.383 e. The molecule has 0 unspecified atom stereocenters. The third kappa shape index (κ3) is 4.41. The number of nitrogens with zero attached hydrogens (tertiary/aromatic N) is 3. The smallest absolute Gasteiger partial charge is 0.270 e. The average molecular weight is 406 g/mol. The first-order valence-corrected chi connectivity index (χ1v) is 9.26. The summed E-state index contributed by atoms with van der Waals surface area (Å²) in [6.07, 6.45) is 0.0817. The number of nitro benzene ring substituents is 1. The standard InChI is InChI=1S/C18H16ClN3O4S/c1-26-9-8-21-15-7-6-13(22(24)25)11-16(15)27-18(21)20-17(23)10-12-4-2-3-5-14(12)19/h2-7,11H,8-10H2,1H3. The molecule has 0 spiro atoms. The lowest BCUT2D eigenvalue weighted by Crippen LogP contribution is -2.19. The number of halogens is 1. The Balaban J connectivity index is 2.02. The minimum atomic E-state index is -0.446. The molecule has 0 N–H and O–H groups in total. The van der Waals surface area contributed by atoms with Crippen LogP contribution in [-0.4, -0.2) is 29.1 Å². The summed E-state index contributed by atoms with van der Waals surface area (Å²) in [6.45, 7) is 0.904. The molecular formula is C18H16ClN3O4S. The molecule has 0 radical (unpaired) electrons. The van der Waals surface area contributed by atoms with E-state index in [1.807, 2.05) is 10.6 Å². The van der Waals surface area contributed by atoms with Gasteiger partial charge in [0.15, 0.2) is 4.80 Å². The highest BCUT2D eigenvalue weighted by molar-refractivity contribution is 7.16. The third-order valence-electron chi connectivity index (χ3n) is 3.92. The van der Waals surface area contributed by atoms with Gasteiger partial charge >= 0.3 is 0 Å². The quantitative estimate of drug-likeness (QED) is 0.463. The number of hydrogen-bond donors (Lipinski definition) is 0. The number of carbonyl (C=O) groups is 1. The van der Waals surface area contributed by atoms with Gasteiger partial charge in [-0.3, -0.25) is 14.9 Å². The van der Waals surface area contributed by atoms with Crippen LogP contribution in [0.4, 0.5) is 5.69 Å². The van der Waals surface area contributed by atoms with E-state index in [0.29, 0.717) is 33.2 Å². The SMILES string of the molecule is COCCn1c(=NC(=O)Cc2ccccc2Cl)sc2cc([N+](=O)[O-])ccc21. The number of ether oxygens (including phenoxy) is 1. The van der Waals surface area contributed by atoms with E-state index in [4.69, 9.17) is 16.3 Å². The number of aromatic nitrogens is 1. The highest BCUT2D eigenvalue weighted by atomic mass is 35.5. The van der Waals surface area contributed by atoms with Gasteiger partial charge in [0.25, 0.3) is 11.6 Å². The van der Waals surface area contributed by atoms with Gasteiger partial charge in [-0.05, 0) is 17.7 Å². The van der Waals surface area contributed by atoms with Crippen molar-refractivity contribution in [3.05, 3.63) is 68.0 Å². The summed E-state index contributed by atoms with van der Waals surface area (Å²) in [6, 6.07) is 11.7. The average Bonchev–Trinajstić information content (AvgIpc) is 2.97. The van der Waals surface area contributed by atoms with E-state index in [-0.39, 0.29) is 18.0 Å². The van der Waals surface area contributed by atoms with Crippen molar-refractivity contribution in [2.45, 2.75) is 13.0 Å². The summed E-state index contributed by atoms with van der Waals surface area (Å²) < 4.78 is 7.64. The fraction of sp³-hybridized carbons (Fsp3) is 0.222. The van der Waals surface area contributed by atoms with Gasteiger partial charge in [-0.15, -0.1) is 0 Å². The molecular weight excluding hydrogens is 390 g/mol. The van der Waals surface area contributed by atoms with Gasteiger partial charge in [-0.1, -0.05) is 41.1 Å². The molecule has 0 atom stereocenters. The van der Waals surface area contributed by atoms with Crippen molar-refractivity contribution in [3.8, 4) is 0 Å². The molecule has 1 heterocycles. The Morgan fingerprint density at radius 1 is 1.33 bits per heavy atom. The highest BCUT2D eigenvalue weighted by Gasteiger charge is 2.13. The molecule has 1 amide bonds. The van der Waals surface area contributed by atoms with Gasteiger partial charge in [0.2, 0.25) is 0 Å². The summed E-state index contributed by atoms with van der Waals surface area (Å²) in [4.78, 5) is 27.7. The van der Waals surface area contributed by atoms with Crippen LogP contribution in [-0.2, 0) is 22.5 Å². The predicted molar refractivity (Wildman–Crippen MR) is 104 cm³/mol. The topological polar surface area (TPSA) is 86.7 Å². The summed E-state index contributed by atoms with van der Waals surface area (Å²) >= 11 is 7.34. The number of rotatable bonds is 6. The van der Waals surface area contributed by atoms with Gasteiger partial charge in [0.05, 0.1) is 28.2 Å². The maximum atomic E-state index is 12.4. The van der Waals surface area contributed by atoms with Crippen molar-refractivity contribution in [1.82, 2.24) is 4.57 Å². The number of nitro groups is 1. The van der Waals surface area contributed by atoms with Gasteiger partial charge in [-0.25, -0.2) is 0 Å². The Morgan fingerprint density at radius 2 is 2.11 bits per heavy atom. The van der Waals surface area contributed by atoms with E-state index in [1.165, 1.54) is 23.5 Å². The summed E-state index contributed by atoms with van der Waals surface area (Å²) in [7, 11) is 1.58. The lowest BCUT2D eigenvalue weighted by molar-refractivity contribution is -0.384. The van der Waals surface area contributed by atoms with E-state index < -0.39 is 4.92 Å². The van der Waals surface area contributed by atoms with Crippen LogP contribution in [0, 0.1) is 10.1 Å². The van der Waals surface area contributed by atoms with E-state index in [9.17, 15) is 14.9 Å². The fourth-order valence-corrected chi connectivity index (χ4v) is 3.92. The van der Waals surface area contributed by atoms with Crippen LogP contribution in [0.3, 0.4) is 0 Å². The second-order valence-electron chi connectivity index (χ2n) is 5.71. The van der Waals surface area contributed by atoms with Crippen LogP contribution >= 0.6 is 22.9 Å². The van der Waals surface area contributed by atoms with Crippen LogP contribution in [0.25, 0.3) is 10.2 Å². The molecule has 27 heavy (non-hydrogen) atoms. The maximum absolute atomic E-state index is 12.4.